The molecule has 36 heavy (non-hydrogen) atoms. The summed E-state index contributed by atoms with van der Waals surface area (Å²) < 4.78 is 45.1. The molecule has 0 spiro atoms. The summed E-state index contributed by atoms with van der Waals surface area (Å²) in [5.41, 5.74) is 1.63. The Hall–Kier alpha value is -3.69. The van der Waals surface area contributed by atoms with Crippen LogP contribution in [0.3, 0.4) is 0 Å². The molecule has 10 heteroatoms. The first-order valence-electron chi connectivity index (χ1n) is 11.0. The Morgan fingerprint density at radius 3 is 2.44 bits per heavy atom. The highest BCUT2D eigenvalue weighted by molar-refractivity contribution is 6.30. The van der Waals surface area contributed by atoms with E-state index in [4.69, 9.17) is 16.0 Å². The number of carbonyl (C=O) groups is 1. The third kappa shape index (κ3) is 7.16. The average Bonchev–Trinajstić information content (AvgIpc) is 3.33. The van der Waals surface area contributed by atoms with E-state index in [2.05, 4.69) is 15.3 Å². The minimum atomic E-state index is -4.43. The molecule has 2 aromatic heterocycles. The number of alkyl halides is 3. The van der Waals surface area contributed by atoms with E-state index in [0.717, 1.165) is 23.3 Å². The maximum Gasteiger partial charge on any atom is 0.416 e. The van der Waals surface area contributed by atoms with Crippen LogP contribution in [-0.4, -0.2) is 20.8 Å². The zero-order chi connectivity index (χ0) is 25.5. The molecule has 0 aliphatic heterocycles. The molecule has 0 fully saturated rings. The van der Waals surface area contributed by atoms with E-state index >= 15 is 0 Å². The van der Waals surface area contributed by atoms with Gasteiger partial charge in [-0.3, -0.25) is 14.7 Å². The Balaban J connectivity index is 1.47. The summed E-state index contributed by atoms with van der Waals surface area (Å²) in [6.07, 6.45) is 0.123. The van der Waals surface area contributed by atoms with Gasteiger partial charge in [0.25, 0.3) is 5.91 Å². The van der Waals surface area contributed by atoms with Gasteiger partial charge in [0.2, 0.25) is 5.89 Å². The number of hydrogen-bond donors (Lipinski definition) is 1. The standard InChI is InChI=1S/C26H22ClF3N4O2/c27-22-8-6-18(7-9-22)14-34(15-19-3-1-5-21(11-19)26(28,29)30)16-24-33-23(17-36-24)25(35)32-13-20-4-2-10-31-12-20/h1-12,17H,13-16H2,(H,32,35). The van der Waals surface area contributed by atoms with Crippen molar-refractivity contribution in [3.05, 3.63) is 118 Å². The van der Waals surface area contributed by atoms with Gasteiger partial charge < -0.3 is 9.73 Å². The van der Waals surface area contributed by atoms with Crippen molar-refractivity contribution in [2.45, 2.75) is 32.4 Å². The molecular weight excluding hydrogens is 493 g/mol. The molecule has 2 aromatic carbocycles. The van der Waals surface area contributed by atoms with Crippen LogP contribution in [0.5, 0.6) is 0 Å². The number of amides is 1. The number of hydrogen-bond acceptors (Lipinski definition) is 5. The maximum absolute atomic E-state index is 13.2. The van der Waals surface area contributed by atoms with Crippen LogP contribution in [0.4, 0.5) is 13.2 Å². The lowest BCUT2D eigenvalue weighted by molar-refractivity contribution is -0.137. The third-order valence-electron chi connectivity index (χ3n) is 5.30. The summed E-state index contributed by atoms with van der Waals surface area (Å²) in [6.45, 7) is 1.07. The summed E-state index contributed by atoms with van der Waals surface area (Å²) >= 11 is 5.98. The monoisotopic (exact) mass is 514 g/mol. The average molecular weight is 515 g/mol. The summed E-state index contributed by atoms with van der Waals surface area (Å²) in [7, 11) is 0. The van der Waals surface area contributed by atoms with Crippen molar-refractivity contribution < 1.29 is 22.4 Å². The second-order valence-corrected chi connectivity index (χ2v) is 8.58. The van der Waals surface area contributed by atoms with E-state index < -0.39 is 17.6 Å². The van der Waals surface area contributed by atoms with E-state index in [9.17, 15) is 18.0 Å². The van der Waals surface area contributed by atoms with E-state index in [1.54, 1.807) is 36.7 Å². The van der Waals surface area contributed by atoms with E-state index in [-0.39, 0.29) is 31.2 Å². The largest absolute Gasteiger partial charge is 0.447 e. The summed E-state index contributed by atoms with van der Waals surface area (Å²) in [5, 5.41) is 3.33. The Bertz CT molecular complexity index is 1290. The maximum atomic E-state index is 13.2. The molecule has 4 aromatic rings. The molecule has 0 unspecified atom stereocenters. The molecule has 0 atom stereocenters. The first-order valence-corrected chi connectivity index (χ1v) is 11.4. The fraction of sp³-hybridized carbons (Fsp3) is 0.192. The second-order valence-electron chi connectivity index (χ2n) is 8.14. The number of oxazole rings is 1. The molecule has 2 heterocycles. The van der Waals surface area contributed by atoms with Crippen LogP contribution < -0.4 is 5.32 Å². The van der Waals surface area contributed by atoms with Crippen molar-refractivity contribution in [2.75, 3.05) is 0 Å². The minimum Gasteiger partial charge on any atom is -0.447 e. The molecule has 1 amide bonds. The van der Waals surface area contributed by atoms with Crippen LogP contribution in [0.1, 0.15) is 38.6 Å². The van der Waals surface area contributed by atoms with Gasteiger partial charge in [-0.05, 0) is 41.0 Å². The highest BCUT2D eigenvalue weighted by atomic mass is 35.5. The molecular formula is C26H22ClF3N4O2. The normalized spacial score (nSPS) is 11.6. The summed E-state index contributed by atoms with van der Waals surface area (Å²) in [5.74, 6) is -0.140. The van der Waals surface area contributed by atoms with Gasteiger partial charge in [-0.25, -0.2) is 4.98 Å². The third-order valence-corrected chi connectivity index (χ3v) is 5.55. The van der Waals surface area contributed by atoms with Gasteiger partial charge in [0.05, 0.1) is 12.1 Å². The molecule has 0 radical (unpaired) electrons. The second kappa shape index (κ2) is 11.4. The van der Waals surface area contributed by atoms with E-state index in [1.165, 1.54) is 12.3 Å². The Labute approximate surface area is 210 Å². The lowest BCUT2D eigenvalue weighted by Crippen LogP contribution is -2.24. The van der Waals surface area contributed by atoms with E-state index in [0.29, 0.717) is 17.1 Å². The molecule has 0 saturated carbocycles. The SMILES string of the molecule is O=C(NCc1cccnc1)c1coc(CN(Cc2ccc(Cl)cc2)Cc2cccc(C(F)(F)F)c2)n1. The number of nitrogens with one attached hydrogen (secondary N) is 1. The van der Waals surface area contributed by atoms with Gasteiger partial charge in [-0.15, -0.1) is 0 Å². The van der Waals surface area contributed by atoms with Gasteiger partial charge in [-0.2, -0.15) is 13.2 Å². The van der Waals surface area contributed by atoms with Gasteiger partial charge >= 0.3 is 6.18 Å². The quantitative estimate of drug-likeness (QED) is 0.302. The van der Waals surface area contributed by atoms with Gasteiger partial charge in [-0.1, -0.05) is 48.0 Å². The van der Waals surface area contributed by atoms with Crippen LogP contribution in [0, 0.1) is 0 Å². The molecule has 0 saturated heterocycles. The highest BCUT2D eigenvalue weighted by Gasteiger charge is 2.30. The van der Waals surface area contributed by atoms with Crippen LogP contribution in [0.15, 0.2) is 83.7 Å². The van der Waals surface area contributed by atoms with Crippen LogP contribution in [0.2, 0.25) is 5.02 Å². The zero-order valence-electron chi connectivity index (χ0n) is 19.0. The summed E-state index contributed by atoms with van der Waals surface area (Å²) in [6, 6.07) is 16.0. The number of carbonyl (C=O) groups excluding carboxylic acids is 1. The molecule has 1 N–H and O–H groups in total. The van der Waals surface area contributed by atoms with Crippen molar-refractivity contribution >= 4 is 17.5 Å². The first-order chi connectivity index (χ1) is 17.3. The molecule has 0 aliphatic rings. The fourth-order valence-corrected chi connectivity index (χ4v) is 3.70. The predicted molar refractivity (Wildman–Crippen MR) is 128 cm³/mol. The Morgan fingerprint density at radius 1 is 0.972 bits per heavy atom. The Morgan fingerprint density at radius 2 is 1.72 bits per heavy atom. The van der Waals surface area contributed by atoms with Crippen LogP contribution >= 0.6 is 11.6 Å². The van der Waals surface area contributed by atoms with Gasteiger partial charge in [0.15, 0.2) is 5.69 Å². The smallest absolute Gasteiger partial charge is 0.416 e. The van der Waals surface area contributed by atoms with Crippen molar-refractivity contribution in [2.24, 2.45) is 0 Å². The predicted octanol–water partition coefficient (Wildman–Crippen LogP) is 5.87. The van der Waals surface area contributed by atoms with Crippen molar-refractivity contribution in [1.82, 2.24) is 20.2 Å². The number of rotatable bonds is 9. The number of halogens is 4. The van der Waals surface area contributed by atoms with Gasteiger partial charge in [0, 0.05) is 37.1 Å². The molecule has 6 nitrogen and oxygen atoms in total. The zero-order valence-corrected chi connectivity index (χ0v) is 19.8. The van der Waals surface area contributed by atoms with Gasteiger partial charge in [0.1, 0.15) is 6.26 Å². The molecule has 0 aliphatic carbocycles. The van der Waals surface area contributed by atoms with Crippen LogP contribution in [0.25, 0.3) is 0 Å². The lowest BCUT2D eigenvalue weighted by Gasteiger charge is -2.21. The number of nitrogens with zero attached hydrogens (tertiary/aromatic N) is 3. The van der Waals surface area contributed by atoms with Crippen molar-refractivity contribution in [3.8, 4) is 0 Å². The highest BCUT2D eigenvalue weighted by Crippen LogP contribution is 2.30. The van der Waals surface area contributed by atoms with Crippen molar-refractivity contribution in [3.63, 3.8) is 0 Å². The molecule has 0 bridgehead atoms. The van der Waals surface area contributed by atoms with Crippen LogP contribution in [-0.2, 0) is 32.4 Å². The first kappa shape index (κ1) is 25.4. The fourth-order valence-electron chi connectivity index (χ4n) is 3.57. The Kier molecular flexibility index (Phi) is 8.02. The van der Waals surface area contributed by atoms with Crippen molar-refractivity contribution in [1.29, 1.82) is 0 Å². The molecule has 186 valence electrons. The van der Waals surface area contributed by atoms with E-state index in [1.807, 2.05) is 23.1 Å². The molecule has 4 rings (SSSR count). The number of benzene rings is 2. The topological polar surface area (TPSA) is 71.3 Å². The summed E-state index contributed by atoms with van der Waals surface area (Å²) in [4.78, 5) is 22.6. The minimum absolute atomic E-state index is 0.111. The number of pyridine rings is 1. The number of aromatic nitrogens is 2. The lowest BCUT2D eigenvalue weighted by atomic mass is 10.1.